The molecule has 0 atom stereocenters. The minimum atomic E-state index is -0.229. The number of carbonyl (C=O) groups is 1. The highest BCUT2D eigenvalue weighted by molar-refractivity contribution is 6.33. The minimum absolute atomic E-state index is 0.229. The van der Waals surface area contributed by atoms with Crippen LogP contribution in [-0.2, 0) is 4.79 Å². The molecule has 1 aromatic carbocycles. The lowest BCUT2D eigenvalue weighted by Gasteiger charge is -2.08. The zero-order valence-corrected chi connectivity index (χ0v) is 14.2. The summed E-state index contributed by atoms with van der Waals surface area (Å²) in [7, 11) is 0. The quantitative estimate of drug-likeness (QED) is 0.573. The molecule has 6 nitrogen and oxygen atoms in total. The summed E-state index contributed by atoms with van der Waals surface area (Å²) in [6.45, 7) is 7.13. The van der Waals surface area contributed by atoms with Crippen molar-refractivity contribution < 1.29 is 9.79 Å². The number of guanidine groups is 1. The zero-order chi connectivity index (χ0) is 17.0. The van der Waals surface area contributed by atoms with Crippen molar-refractivity contribution >= 4 is 35.1 Å². The van der Waals surface area contributed by atoms with Gasteiger partial charge in [0.15, 0.2) is 0 Å². The van der Waals surface area contributed by atoms with Crippen LogP contribution in [0.1, 0.15) is 23.9 Å². The molecular weight excluding hydrogens is 314 g/mol. The Morgan fingerprint density at radius 2 is 1.78 bits per heavy atom. The van der Waals surface area contributed by atoms with Crippen LogP contribution in [0, 0.1) is 20.8 Å². The Kier molecular flexibility index (Phi) is 5.28. The number of nitrogens with zero attached hydrogens (tertiary/aromatic N) is 2. The molecule has 0 radical (unpaired) electrons. The Morgan fingerprint density at radius 3 is 2.35 bits per heavy atom. The van der Waals surface area contributed by atoms with Crippen LogP contribution in [0.15, 0.2) is 24.3 Å². The molecule has 7 heteroatoms. The van der Waals surface area contributed by atoms with Crippen LogP contribution < -0.4 is 15.6 Å². The molecule has 0 unspecified atom stereocenters. The summed E-state index contributed by atoms with van der Waals surface area (Å²) in [6, 6.07) is 7.46. The number of aromatic nitrogens is 2. The number of rotatable bonds is 2. The summed E-state index contributed by atoms with van der Waals surface area (Å²) < 4.78 is 0. The molecule has 0 saturated carbocycles. The maximum absolute atomic E-state index is 11.4. The minimum Gasteiger partial charge on any atom is -0.276 e. The van der Waals surface area contributed by atoms with E-state index in [9.17, 15) is 4.79 Å². The number of nitrogens with one attached hydrogen (secondary N) is 3. The van der Waals surface area contributed by atoms with Crippen LogP contribution in [0.4, 0.5) is 11.6 Å². The standard InChI is InChI=1S/C16H18ClN5O/c1-9-5-6-14(13(17)7-9)21-16(20-12(4)23)22-15-18-10(2)8-11(3)19-15/h5-8H,1-4H3,(H2,18,19,20,21,22,23)/p+1. The number of carbonyl (C=O) groups excluding carboxylic acids is 1. The maximum atomic E-state index is 11.4. The maximum Gasteiger partial charge on any atom is 0.354 e. The van der Waals surface area contributed by atoms with Gasteiger partial charge in [-0.15, -0.1) is 9.97 Å². The summed E-state index contributed by atoms with van der Waals surface area (Å²) in [4.78, 5) is 23.0. The van der Waals surface area contributed by atoms with Gasteiger partial charge in [-0.2, -0.15) is 0 Å². The van der Waals surface area contributed by atoms with Gasteiger partial charge in [-0.05, 0) is 38.5 Å². The average molecular weight is 333 g/mol. The molecule has 1 aromatic heterocycles. The summed E-state index contributed by atoms with van der Waals surface area (Å²) in [5.74, 6) is 0.503. The second-order valence-corrected chi connectivity index (χ2v) is 5.67. The van der Waals surface area contributed by atoms with Gasteiger partial charge in [-0.3, -0.25) is 10.1 Å². The van der Waals surface area contributed by atoms with E-state index in [1.54, 1.807) is 0 Å². The van der Waals surface area contributed by atoms with E-state index in [1.165, 1.54) is 6.92 Å². The van der Waals surface area contributed by atoms with Crippen molar-refractivity contribution in [3.63, 3.8) is 0 Å². The molecule has 120 valence electrons. The van der Waals surface area contributed by atoms with Gasteiger partial charge in [0.1, 0.15) is 0 Å². The molecule has 0 fully saturated rings. The predicted molar refractivity (Wildman–Crippen MR) is 90.8 cm³/mol. The molecule has 0 aliphatic rings. The molecule has 1 heterocycles. The third-order valence-corrected chi connectivity index (χ3v) is 3.22. The number of amides is 1. The molecule has 2 rings (SSSR count). The average Bonchev–Trinajstić information content (AvgIpc) is 2.40. The lowest BCUT2D eigenvalue weighted by Crippen LogP contribution is -2.74. The van der Waals surface area contributed by atoms with Crippen molar-refractivity contribution in [2.24, 2.45) is 0 Å². The van der Waals surface area contributed by atoms with E-state index in [1.807, 2.05) is 45.0 Å². The molecule has 0 saturated heterocycles. The zero-order valence-electron chi connectivity index (χ0n) is 13.5. The Hall–Kier alpha value is -2.47. The van der Waals surface area contributed by atoms with Crippen LogP contribution >= 0.6 is 11.6 Å². The highest BCUT2D eigenvalue weighted by Crippen LogP contribution is 2.22. The second-order valence-electron chi connectivity index (χ2n) is 5.26. The van der Waals surface area contributed by atoms with Crippen molar-refractivity contribution in [3.05, 3.63) is 46.2 Å². The van der Waals surface area contributed by atoms with Gasteiger partial charge in [-0.25, -0.2) is 10.3 Å². The van der Waals surface area contributed by atoms with E-state index in [0.29, 0.717) is 22.6 Å². The van der Waals surface area contributed by atoms with E-state index >= 15 is 0 Å². The molecule has 0 aliphatic carbocycles. The first-order chi connectivity index (χ1) is 10.8. The summed E-state index contributed by atoms with van der Waals surface area (Å²) in [5.41, 5.74) is 3.37. The van der Waals surface area contributed by atoms with Crippen molar-refractivity contribution in [2.75, 3.05) is 5.32 Å². The van der Waals surface area contributed by atoms with Crippen LogP contribution in [0.25, 0.3) is 0 Å². The van der Waals surface area contributed by atoms with Gasteiger partial charge in [0.25, 0.3) is 11.9 Å². The van der Waals surface area contributed by atoms with E-state index in [-0.39, 0.29) is 5.91 Å². The molecule has 1 amide bonds. The SMILES string of the molecule is CC(=O)NC(Nc1ccc(C)cc1Cl)=[NH+]c1nc(C)cc(C)n1. The monoisotopic (exact) mass is 332 g/mol. The predicted octanol–water partition coefficient (Wildman–Crippen LogP) is 1.37. The van der Waals surface area contributed by atoms with Crippen molar-refractivity contribution in [2.45, 2.75) is 27.7 Å². The van der Waals surface area contributed by atoms with Gasteiger partial charge in [0, 0.05) is 13.0 Å². The van der Waals surface area contributed by atoms with Crippen LogP contribution in [-0.4, -0.2) is 21.8 Å². The fraction of sp³-hybridized carbons (Fsp3) is 0.250. The van der Waals surface area contributed by atoms with Crippen LogP contribution in [0.2, 0.25) is 5.02 Å². The summed E-state index contributed by atoms with van der Waals surface area (Å²) in [5, 5.41) is 6.28. The summed E-state index contributed by atoms with van der Waals surface area (Å²) >= 11 is 6.22. The van der Waals surface area contributed by atoms with Gasteiger partial charge in [-0.1, -0.05) is 17.7 Å². The number of hydrogen-bond acceptors (Lipinski definition) is 3. The number of aryl methyl sites for hydroxylation is 3. The smallest absolute Gasteiger partial charge is 0.276 e. The lowest BCUT2D eigenvalue weighted by molar-refractivity contribution is -0.366. The topological polar surface area (TPSA) is 80.9 Å². The fourth-order valence-corrected chi connectivity index (χ4v) is 2.30. The van der Waals surface area contributed by atoms with Crippen molar-refractivity contribution in [3.8, 4) is 0 Å². The van der Waals surface area contributed by atoms with Gasteiger partial charge in [0.05, 0.1) is 22.1 Å². The normalized spacial score (nSPS) is 11.3. The molecule has 0 spiro atoms. The van der Waals surface area contributed by atoms with Crippen molar-refractivity contribution in [1.29, 1.82) is 0 Å². The number of benzene rings is 1. The third-order valence-electron chi connectivity index (χ3n) is 2.90. The Balaban J connectivity index is 2.36. The van der Waals surface area contributed by atoms with Gasteiger partial charge < -0.3 is 0 Å². The largest absolute Gasteiger partial charge is 0.354 e. The first-order valence-corrected chi connectivity index (χ1v) is 7.48. The van der Waals surface area contributed by atoms with Gasteiger partial charge >= 0.3 is 5.95 Å². The Bertz CT molecular complexity index is 753. The number of halogens is 1. The van der Waals surface area contributed by atoms with Crippen LogP contribution in [0.3, 0.4) is 0 Å². The van der Waals surface area contributed by atoms with E-state index < -0.39 is 0 Å². The Morgan fingerprint density at radius 1 is 1.13 bits per heavy atom. The van der Waals surface area contributed by atoms with E-state index in [2.05, 4.69) is 25.6 Å². The molecule has 3 N–H and O–H groups in total. The molecule has 23 heavy (non-hydrogen) atoms. The molecule has 0 bridgehead atoms. The molecule has 2 aromatic rings. The lowest BCUT2D eigenvalue weighted by atomic mass is 10.2. The molecular formula is C16H19ClN5O+. The van der Waals surface area contributed by atoms with Crippen molar-refractivity contribution in [1.82, 2.24) is 15.3 Å². The first kappa shape index (κ1) is 16.9. The first-order valence-electron chi connectivity index (χ1n) is 7.10. The highest BCUT2D eigenvalue weighted by atomic mass is 35.5. The van der Waals surface area contributed by atoms with Gasteiger partial charge in [0.2, 0.25) is 0 Å². The van der Waals surface area contributed by atoms with E-state index in [4.69, 9.17) is 11.6 Å². The van der Waals surface area contributed by atoms with Crippen LogP contribution in [0.5, 0.6) is 0 Å². The number of anilines is 1. The highest BCUT2D eigenvalue weighted by Gasteiger charge is 2.12. The third kappa shape index (κ3) is 5.03. The molecule has 0 aliphatic heterocycles. The second kappa shape index (κ2) is 7.19. The number of hydrogen-bond donors (Lipinski definition) is 3. The Labute approximate surface area is 140 Å². The fourth-order valence-electron chi connectivity index (χ4n) is 2.02. The summed E-state index contributed by atoms with van der Waals surface area (Å²) in [6.07, 6.45) is 0. The van der Waals surface area contributed by atoms with E-state index in [0.717, 1.165) is 17.0 Å².